The van der Waals surface area contributed by atoms with E-state index < -0.39 is 0 Å². The van der Waals surface area contributed by atoms with Crippen molar-refractivity contribution < 1.29 is 9.21 Å². The molecule has 3 rings (SSSR count). The molecule has 0 radical (unpaired) electrons. The van der Waals surface area contributed by atoms with E-state index in [2.05, 4.69) is 13.8 Å². The van der Waals surface area contributed by atoms with Gasteiger partial charge in [-0.3, -0.25) is 9.59 Å². The second-order valence-corrected chi connectivity index (χ2v) is 6.56. The van der Waals surface area contributed by atoms with Crippen molar-refractivity contribution in [1.29, 1.82) is 0 Å². The fraction of sp³-hybridized carbons (Fsp3) is 0.474. The maximum absolute atomic E-state index is 12.8. The van der Waals surface area contributed by atoms with Crippen LogP contribution in [0.1, 0.15) is 44.3 Å². The average molecular weight is 328 g/mol. The van der Waals surface area contributed by atoms with Crippen molar-refractivity contribution in [3.05, 3.63) is 58.4 Å². The van der Waals surface area contributed by atoms with Crippen molar-refractivity contribution in [2.45, 2.75) is 45.7 Å². The SMILES string of the molecule is CCc1ccc([C@@H]2C[C@H](C)CCN2C(=O)Cn2ccccc2=O)o1. The molecule has 1 aliphatic rings. The highest BCUT2D eigenvalue weighted by Gasteiger charge is 2.33. The number of aromatic nitrogens is 1. The predicted octanol–water partition coefficient (Wildman–Crippen LogP) is 3.00. The van der Waals surface area contributed by atoms with Gasteiger partial charge in [0.25, 0.3) is 5.56 Å². The van der Waals surface area contributed by atoms with Crippen molar-refractivity contribution in [3.63, 3.8) is 0 Å². The van der Waals surface area contributed by atoms with Crippen LogP contribution in [-0.2, 0) is 17.8 Å². The summed E-state index contributed by atoms with van der Waals surface area (Å²) < 4.78 is 7.37. The molecule has 0 bridgehead atoms. The number of pyridine rings is 1. The number of furan rings is 1. The van der Waals surface area contributed by atoms with E-state index >= 15 is 0 Å². The lowest BCUT2D eigenvalue weighted by Crippen LogP contribution is -2.43. The van der Waals surface area contributed by atoms with Gasteiger partial charge >= 0.3 is 0 Å². The Morgan fingerprint density at radius 2 is 2.12 bits per heavy atom. The topological polar surface area (TPSA) is 55.5 Å². The van der Waals surface area contributed by atoms with Gasteiger partial charge in [-0.1, -0.05) is 19.9 Å². The molecule has 0 aromatic carbocycles. The van der Waals surface area contributed by atoms with E-state index in [1.165, 1.54) is 10.6 Å². The Bertz CT molecular complexity index is 762. The highest BCUT2D eigenvalue weighted by Crippen LogP contribution is 2.35. The van der Waals surface area contributed by atoms with Crippen LogP contribution in [0.2, 0.25) is 0 Å². The molecule has 0 unspecified atom stereocenters. The van der Waals surface area contributed by atoms with Crippen molar-refractivity contribution in [3.8, 4) is 0 Å². The molecule has 2 aromatic heterocycles. The lowest BCUT2D eigenvalue weighted by molar-refractivity contribution is -0.137. The van der Waals surface area contributed by atoms with Crippen LogP contribution in [0.5, 0.6) is 0 Å². The molecule has 1 saturated heterocycles. The number of nitrogens with zero attached hydrogens (tertiary/aromatic N) is 2. The highest BCUT2D eigenvalue weighted by atomic mass is 16.3. The van der Waals surface area contributed by atoms with Crippen LogP contribution in [0.3, 0.4) is 0 Å². The smallest absolute Gasteiger partial charge is 0.250 e. The molecular formula is C19H24N2O3. The zero-order chi connectivity index (χ0) is 17.1. The first kappa shape index (κ1) is 16.6. The summed E-state index contributed by atoms with van der Waals surface area (Å²) in [7, 11) is 0. The molecule has 0 saturated carbocycles. The Labute approximate surface area is 141 Å². The fourth-order valence-corrected chi connectivity index (χ4v) is 3.30. The normalized spacial score (nSPS) is 21.0. The molecule has 1 fully saturated rings. The molecule has 2 aromatic rings. The zero-order valence-electron chi connectivity index (χ0n) is 14.3. The van der Waals surface area contributed by atoms with Gasteiger partial charge in [0.05, 0.1) is 6.04 Å². The fourth-order valence-electron chi connectivity index (χ4n) is 3.30. The van der Waals surface area contributed by atoms with Gasteiger partial charge in [0.1, 0.15) is 18.1 Å². The number of carbonyl (C=O) groups is 1. The molecule has 0 N–H and O–H groups in total. The van der Waals surface area contributed by atoms with Crippen LogP contribution >= 0.6 is 0 Å². The van der Waals surface area contributed by atoms with Crippen LogP contribution in [0.15, 0.2) is 45.7 Å². The van der Waals surface area contributed by atoms with E-state index in [1.807, 2.05) is 17.0 Å². The maximum atomic E-state index is 12.8. The van der Waals surface area contributed by atoms with E-state index in [0.717, 1.165) is 30.8 Å². The number of aryl methyl sites for hydroxylation is 1. The van der Waals surface area contributed by atoms with Crippen LogP contribution in [0, 0.1) is 5.92 Å². The van der Waals surface area contributed by atoms with Crippen LogP contribution in [-0.4, -0.2) is 21.9 Å². The number of likely N-dealkylation sites (tertiary alicyclic amines) is 1. The largest absolute Gasteiger partial charge is 0.464 e. The molecule has 5 heteroatoms. The standard InChI is InChI=1S/C19H24N2O3/c1-3-15-7-8-17(24-15)16-12-14(2)9-11-21(16)19(23)13-20-10-5-4-6-18(20)22/h4-8,10,14,16H,3,9,11-13H2,1-2H3/t14-,16+/m1/s1. The minimum atomic E-state index is -0.154. The summed E-state index contributed by atoms with van der Waals surface area (Å²) >= 11 is 0. The quantitative estimate of drug-likeness (QED) is 0.867. The number of hydrogen-bond acceptors (Lipinski definition) is 3. The third kappa shape index (κ3) is 3.45. The molecule has 1 aliphatic heterocycles. The summed E-state index contributed by atoms with van der Waals surface area (Å²) in [4.78, 5) is 26.5. The molecule has 5 nitrogen and oxygen atoms in total. The van der Waals surface area contributed by atoms with Crippen molar-refractivity contribution in [2.24, 2.45) is 5.92 Å². The number of amides is 1. The molecule has 0 aliphatic carbocycles. The molecule has 0 spiro atoms. The van der Waals surface area contributed by atoms with Crippen LogP contribution in [0.25, 0.3) is 0 Å². The number of hydrogen-bond donors (Lipinski definition) is 0. The summed E-state index contributed by atoms with van der Waals surface area (Å²) in [6, 6.07) is 8.85. The van der Waals surface area contributed by atoms with Gasteiger partial charge in [0.15, 0.2) is 0 Å². The first-order chi connectivity index (χ1) is 11.6. The van der Waals surface area contributed by atoms with E-state index in [4.69, 9.17) is 4.42 Å². The number of rotatable bonds is 4. The second kappa shape index (κ2) is 7.07. The Hall–Kier alpha value is -2.30. The van der Waals surface area contributed by atoms with Crippen molar-refractivity contribution >= 4 is 5.91 Å². The average Bonchev–Trinajstić information content (AvgIpc) is 3.06. The Morgan fingerprint density at radius 3 is 2.83 bits per heavy atom. The number of piperidine rings is 1. The van der Waals surface area contributed by atoms with E-state index in [-0.39, 0.29) is 24.1 Å². The van der Waals surface area contributed by atoms with E-state index in [0.29, 0.717) is 12.5 Å². The Morgan fingerprint density at radius 1 is 1.29 bits per heavy atom. The summed E-state index contributed by atoms with van der Waals surface area (Å²) in [6.45, 7) is 5.04. The minimum absolute atomic E-state index is 0.0327. The molecule has 24 heavy (non-hydrogen) atoms. The maximum Gasteiger partial charge on any atom is 0.250 e. The monoisotopic (exact) mass is 328 g/mol. The molecule has 128 valence electrons. The third-order valence-corrected chi connectivity index (χ3v) is 4.75. The molecule has 3 heterocycles. The first-order valence-electron chi connectivity index (χ1n) is 8.62. The van der Waals surface area contributed by atoms with Gasteiger partial charge in [-0.25, -0.2) is 0 Å². The molecule has 2 atom stereocenters. The summed E-state index contributed by atoms with van der Waals surface area (Å²) in [5.74, 6) is 2.31. The van der Waals surface area contributed by atoms with Crippen molar-refractivity contribution in [1.82, 2.24) is 9.47 Å². The lowest BCUT2D eigenvalue weighted by Gasteiger charge is -2.37. The highest BCUT2D eigenvalue weighted by molar-refractivity contribution is 5.76. The molecule has 1 amide bonds. The summed E-state index contributed by atoms with van der Waals surface area (Å²) in [5.41, 5.74) is -0.154. The van der Waals surface area contributed by atoms with Gasteiger partial charge in [-0.2, -0.15) is 0 Å². The predicted molar refractivity (Wildman–Crippen MR) is 91.6 cm³/mol. The summed E-state index contributed by atoms with van der Waals surface area (Å²) in [5, 5.41) is 0. The van der Waals surface area contributed by atoms with E-state index in [1.54, 1.807) is 18.3 Å². The van der Waals surface area contributed by atoms with Gasteiger partial charge in [-0.15, -0.1) is 0 Å². The van der Waals surface area contributed by atoms with Gasteiger partial charge < -0.3 is 13.9 Å². The van der Waals surface area contributed by atoms with Gasteiger partial charge in [-0.05, 0) is 37.0 Å². The van der Waals surface area contributed by atoms with Gasteiger partial charge in [0.2, 0.25) is 5.91 Å². The Balaban J connectivity index is 1.82. The Kier molecular flexibility index (Phi) is 4.88. The van der Waals surface area contributed by atoms with Crippen LogP contribution in [0.4, 0.5) is 0 Å². The van der Waals surface area contributed by atoms with Crippen LogP contribution < -0.4 is 5.56 Å². The summed E-state index contributed by atoms with van der Waals surface area (Å²) in [6.07, 6.45) is 4.37. The minimum Gasteiger partial charge on any atom is -0.464 e. The van der Waals surface area contributed by atoms with Crippen molar-refractivity contribution in [2.75, 3.05) is 6.54 Å². The lowest BCUT2D eigenvalue weighted by atomic mass is 9.91. The third-order valence-electron chi connectivity index (χ3n) is 4.75. The zero-order valence-corrected chi connectivity index (χ0v) is 14.3. The second-order valence-electron chi connectivity index (χ2n) is 6.56. The first-order valence-corrected chi connectivity index (χ1v) is 8.62. The number of carbonyl (C=O) groups excluding carboxylic acids is 1. The van der Waals surface area contributed by atoms with E-state index in [9.17, 15) is 9.59 Å². The molecular weight excluding hydrogens is 304 g/mol. The van der Waals surface area contributed by atoms with Gasteiger partial charge in [0, 0.05) is 25.2 Å².